The first-order chi connectivity index (χ1) is 18.6. The van der Waals surface area contributed by atoms with Crippen LogP contribution in [0.25, 0.3) is 11.1 Å². The Morgan fingerprint density at radius 3 is 2.76 bits per heavy atom. The Kier molecular flexibility index (Phi) is 7.62. The molecule has 0 fully saturated rings. The van der Waals surface area contributed by atoms with Gasteiger partial charge in [0, 0.05) is 30.6 Å². The number of likely N-dealkylation sites (N-methyl/N-ethyl adjacent to an activating group) is 1. The van der Waals surface area contributed by atoms with E-state index in [0.29, 0.717) is 18.0 Å². The van der Waals surface area contributed by atoms with E-state index in [9.17, 15) is 4.79 Å². The van der Waals surface area contributed by atoms with Crippen LogP contribution in [0.5, 0.6) is 5.88 Å². The van der Waals surface area contributed by atoms with Gasteiger partial charge in [0.15, 0.2) is 0 Å². The Labute approximate surface area is 221 Å². The van der Waals surface area contributed by atoms with Gasteiger partial charge < -0.3 is 20.7 Å². The van der Waals surface area contributed by atoms with Crippen LogP contribution in [0.4, 0.5) is 5.69 Å². The number of amides is 1. The van der Waals surface area contributed by atoms with Crippen LogP contribution < -0.4 is 20.7 Å². The summed E-state index contributed by atoms with van der Waals surface area (Å²) in [5.41, 5.74) is 5.56. The molecule has 3 N–H and O–H groups in total. The Morgan fingerprint density at radius 1 is 1.18 bits per heavy atom. The van der Waals surface area contributed by atoms with E-state index in [1.807, 2.05) is 54.7 Å². The molecule has 1 aliphatic heterocycles. The van der Waals surface area contributed by atoms with Gasteiger partial charge in [-0.05, 0) is 42.3 Å². The molecule has 9 nitrogen and oxygen atoms in total. The molecule has 0 saturated heterocycles. The lowest BCUT2D eigenvalue weighted by atomic mass is 9.99. The van der Waals surface area contributed by atoms with Crippen LogP contribution in [0, 0.1) is 11.3 Å². The highest BCUT2D eigenvalue weighted by atomic mass is 16.5. The number of carbonyl (C=O) groups excluding carboxylic acids is 1. The van der Waals surface area contributed by atoms with Gasteiger partial charge in [0.25, 0.3) is 0 Å². The quantitative estimate of drug-likeness (QED) is 0.318. The van der Waals surface area contributed by atoms with E-state index in [4.69, 9.17) is 10.00 Å². The number of hydrogen-bond donors (Lipinski definition) is 3. The summed E-state index contributed by atoms with van der Waals surface area (Å²) in [6, 6.07) is 22.1. The Bertz CT molecular complexity index is 1430. The van der Waals surface area contributed by atoms with Gasteiger partial charge in [-0.1, -0.05) is 42.5 Å². The van der Waals surface area contributed by atoms with Crippen LogP contribution in [0.2, 0.25) is 0 Å². The Hall–Kier alpha value is -4.68. The van der Waals surface area contributed by atoms with E-state index in [-0.39, 0.29) is 24.6 Å². The molecule has 2 atom stereocenters. The van der Waals surface area contributed by atoms with Crippen molar-refractivity contribution in [2.24, 2.45) is 0 Å². The van der Waals surface area contributed by atoms with E-state index in [1.54, 1.807) is 24.1 Å². The van der Waals surface area contributed by atoms with E-state index >= 15 is 0 Å². The molecule has 192 valence electrons. The Morgan fingerprint density at radius 2 is 2.00 bits per heavy atom. The predicted molar refractivity (Wildman–Crippen MR) is 144 cm³/mol. The lowest BCUT2D eigenvalue weighted by Crippen LogP contribution is -2.43. The number of carbonyl (C=O) groups is 1. The SMILES string of the molecule is CNC(=O)Cn1cc(-c2cnc3c(c2)NC[C@@H]([C@H](NCCc2ccc(C#N)cc2)c2ccccc2)O3)cn1. The molecule has 0 radical (unpaired) electrons. The van der Waals surface area contributed by atoms with Crippen molar-refractivity contribution in [2.45, 2.75) is 25.1 Å². The van der Waals surface area contributed by atoms with Crippen molar-refractivity contribution >= 4 is 11.6 Å². The second-order valence-electron chi connectivity index (χ2n) is 9.11. The maximum Gasteiger partial charge on any atom is 0.241 e. The van der Waals surface area contributed by atoms with Gasteiger partial charge in [-0.2, -0.15) is 10.4 Å². The third-order valence-electron chi connectivity index (χ3n) is 6.55. The number of hydrogen-bond acceptors (Lipinski definition) is 7. The Balaban J connectivity index is 1.28. The molecule has 0 bridgehead atoms. The van der Waals surface area contributed by atoms with Crippen LogP contribution in [-0.2, 0) is 17.8 Å². The molecule has 0 saturated carbocycles. The number of fused-ring (bicyclic) bond motifs is 1. The minimum atomic E-state index is -0.167. The summed E-state index contributed by atoms with van der Waals surface area (Å²) in [7, 11) is 1.60. The maximum atomic E-state index is 11.6. The first-order valence-corrected chi connectivity index (χ1v) is 12.5. The van der Waals surface area contributed by atoms with E-state index in [1.165, 1.54) is 5.56 Å². The maximum absolute atomic E-state index is 11.6. The van der Waals surface area contributed by atoms with Crippen LogP contribution in [0.15, 0.2) is 79.3 Å². The minimum absolute atomic E-state index is 0.0420. The molecule has 1 aliphatic rings. The fourth-order valence-electron chi connectivity index (χ4n) is 4.48. The topological polar surface area (TPSA) is 117 Å². The summed E-state index contributed by atoms with van der Waals surface area (Å²) in [5, 5.41) is 23.1. The van der Waals surface area contributed by atoms with Gasteiger partial charge in [0.05, 0.1) is 36.1 Å². The molecule has 5 rings (SSSR count). The van der Waals surface area contributed by atoms with Crippen molar-refractivity contribution < 1.29 is 9.53 Å². The van der Waals surface area contributed by atoms with Crippen molar-refractivity contribution in [1.29, 1.82) is 5.26 Å². The van der Waals surface area contributed by atoms with Gasteiger partial charge in [-0.15, -0.1) is 0 Å². The molecule has 0 unspecified atom stereocenters. The summed E-state index contributed by atoms with van der Waals surface area (Å²) in [6.07, 6.45) is 5.98. The molecule has 0 aliphatic carbocycles. The van der Waals surface area contributed by atoms with Gasteiger partial charge in [0.2, 0.25) is 11.8 Å². The monoisotopic (exact) mass is 507 g/mol. The molecule has 9 heteroatoms. The normalized spacial score (nSPS) is 14.9. The smallest absolute Gasteiger partial charge is 0.241 e. The van der Waals surface area contributed by atoms with E-state index in [2.05, 4.69) is 44.2 Å². The molecule has 0 spiro atoms. The van der Waals surface area contributed by atoms with Crippen molar-refractivity contribution in [3.05, 3.63) is 95.9 Å². The van der Waals surface area contributed by atoms with Gasteiger partial charge >= 0.3 is 0 Å². The molecular formula is C29H29N7O2. The number of nitrogens with one attached hydrogen (secondary N) is 3. The van der Waals surface area contributed by atoms with Crippen LogP contribution in [-0.4, -0.2) is 46.9 Å². The highest BCUT2D eigenvalue weighted by Gasteiger charge is 2.29. The molecular weight excluding hydrogens is 478 g/mol. The molecule has 3 heterocycles. The molecule has 4 aromatic rings. The van der Waals surface area contributed by atoms with Crippen molar-refractivity contribution in [2.75, 3.05) is 25.5 Å². The summed E-state index contributed by atoms with van der Waals surface area (Å²) < 4.78 is 8.00. The third-order valence-corrected chi connectivity index (χ3v) is 6.55. The van der Waals surface area contributed by atoms with Gasteiger partial charge in [-0.3, -0.25) is 9.48 Å². The average molecular weight is 508 g/mol. The second-order valence-corrected chi connectivity index (χ2v) is 9.11. The molecule has 1 amide bonds. The highest BCUT2D eigenvalue weighted by molar-refractivity contribution is 5.75. The highest BCUT2D eigenvalue weighted by Crippen LogP contribution is 2.34. The van der Waals surface area contributed by atoms with Crippen molar-refractivity contribution in [3.63, 3.8) is 0 Å². The zero-order valence-corrected chi connectivity index (χ0v) is 21.1. The third kappa shape index (κ3) is 5.82. The number of aromatic nitrogens is 3. The summed E-state index contributed by atoms with van der Waals surface area (Å²) >= 11 is 0. The summed E-state index contributed by atoms with van der Waals surface area (Å²) in [4.78, 5) is 16.2. The molecule has 38 heavy (non-hydrogen) atoms. The number of ether oxygens (including phenoxy) is 1. The van der Waals surface area contributed by atoms with Gasteiger partial charge in [0.1, 0.15) is 12.6 Å². The average Bonchev–Trinajstić information content (AvgIpc) is 3.44. The fourth-order valence-corrected chi connectivity index (χ4v) is 4.48. The van der Waals surface area contributed by atoms with Crippen LogP contribution in [0.1, 0.15) is 22.7 Å². The van der Waals surface area contributed by atoms with E-state index in [0.717, 1.165) is 35.3 Å². The number of anilines is 1. The minimum Gasteiger partial charge on any atom is -0.469 e. The van der Waals surface area contributed by atoms with Crippen molar-refractivity contribution in [1.82, 2.24) is 25.4 Å². The van der Waals surface area contributed by atoms with Crippen LogP contribution in [0.3, 0.4) is 0 Å². The predicted octanol–water partition coefficient (Wildman–Crippen LogP) is 3.31. The number of pyridine rings is 1. The zero-order chi connectivity index (χ0) is 26.3. The van der Waals surface area contributed by atoms with Crippen molar-refractivity contribution in [3.8, 4) is 23.1 Å². The lowest BCUT2D eigenvalue weighted by molar-refractivity contribution is -0.121. The first kappa shape index (κ1) is 25.0. The zero-order valence-electron chi connectivity index (χ0n) is 21.1. The number of nitrogens with zero attached hydrogens (tertiary/aromatic N) is 4. The first-order valence-electron chi connectivity index (χ1n) is 12.5. The second kappa shape index (κ2) is 11.6. The summed E-state index contributed by atoms with van der Waals surface area (Å²) in [5.74, 6) is 0.445. The largest absolute Gasteiger partial charge is 0.469 e. The standard InChI is InChI=1S/C29H29N7O2/c1-31-27(37)19-36-18-24(16-35-36)23-13-25-29(34-15-23)38-26(17-33-25)28(22-5-3-2-4-6-22)32-12-11-20-7-9-21(14-30)10-8-20/h2-10,13,15-16,18,26,28,32-33H,11-12,17,19H2,1H3,(H,31,37)/t26-,28+/m0/s1. The van der Waals surface area contributed by atoms with Gasteiger partial charge in [-0.25, -0.2) is 4.98 Å². The van der Waals surface area contributed by atoms with Crippen LogP contribution >= 0.6 is 0 Å². The summed E-state index contributed by atoms with van der Waals surface area (Å²) in [6.45, 7) is 1.53. The molecule has 2 aromatic carbocycles. The number of benzene rings is 2. The van der Waals surface area contributed by atoms with E-state index < -0.39 is 0 Å². The fraction of sp³-hybridized carbons (Fsp3) is 0.241. The molecule has 2 aromatic heterocycles. The number of nitriles is 1. The lowest BCUT2D eigenvalue weighted by Gasteiger charge is -2.33. The number of rotatable bonds is 9.